The molecule has 2 aromatic heterocycles. The number of thioether (sulfide) groups is 1. The molecule has 0 radical (unpaired) electrons. The Morgan fingerprint density at radius 1 is 1.16 bits per heavy atom. The number of aliphatic hydroxyl groups is 2. The van der Waals surface area contributed by atoms with Gasteiger partial charge in [-0.3, -0.25) is 4.57 Å². The van der Waals surface area contributed by atoms with Crippen LogP contribution in [-0.4, -0.2) is 59.8 Å². The number of aromatic nitrogens is 4. The summed E-state index contributed by atoms with van der Waals surface area (Å²) in [5, 5.41) is 24.5. The first-order chi connectivity index (χ1) is 15.0. The molecule has 1 aromatic carbocycles. The van der Waals surface area contributed by atoms with Crippen LogP contribution in [0.2, 0.25) is 0 Å². The van der Waals surface area contributed by atoms with Crippen molar-refractivity contribution in [1.29, 1.82) is 0 Å². The summed E-state index contributed by atoms with van der Waals surface area (Å²) < 4.78 is 21.5. The van der Waals surface area contributed by atoms with Gasteiger partial charge in [-0.25, -0.2) is 19.3 Å². The Labute approximate surface area is 183 Å². The molecule has 31 heavy (non-hydrogen) atoms. The van der Waals surface area contributed by atoms with Crippen molar-refractivity contribution in [3.8, 4) is 0 Å². The Balaban J connectivity index is 1.53. The second-order valence-corrected chi connectivity index (χ2v) is 8.55. The molecule has 0 spiro atoms. The van der Waals surface area contributed by atoms with Crippen LogP contribution in [0.15, 0.2) is 41.8 Å². The van der Waals surface area contributed by atoms with E-state index in [0.29, 0.717) is 27.6 Å². The zero-order chi connectivity index (χ0) is 22.0. The molecule has 1 aliphatic heterocycles. The average Bonchev–Trinajstić information content (AvgIpc) is 3.33. The summed E-state index contributed by atoms with van der Waals surface area (Å²) >= 11 is 1.24. The molecule has 0 saturated carbocycles. The van der Waals surface area contributed by atoms with Gasteiger partial charge in [-0.2, -0.15) is 0 Å². The van der Waals surface area contributed by atoms with Crippen molar-refractivity contribution in [1.82, 2.24) is 19.5 Å². The van der Waals surface area contributed by atoms with Crippen molar-refractivity contribution in [2.24, 2.45) is 0 Å². The van der Waals surface area contributed by atoms with Gasteiger partial charge in [-0.1, -0.05) is 26.0 Å². The van der Waals surface area contributed by atoms with Crippen molar-refractivity contribution in [2.45, 2.75) is 62.2 Å². The second-order valence-electron chi connectivity index (χ2n) is 7.49. The van der Waals surface area contributed by atoms with Gasteiger partial charge in [0, 0.05) is 16.7 Å². The number of fused-ring (bicyclic) bond motifs is 1. The van der Waals surface area contributed by atoms with Crippen LogP contribution >= 0.6 is 11.8 Å². The maximum Gasteiger partial charge on any atom is 0.167 e. The van der Waals surface area contributed by atoms with Gasteiger partial charge in [-0.15, -0.1) is 11.8 Å². The van der Waals surface area contributed by atoms with Gasteiger partial charge in [0.2, 0.25) is 0 Å². The Morgan fingerprint density at radius 3 is 2.68 bits per heavy atom. The van der Waals surface area contributed by atoms with Crippen LogP contribution in [0.1, 0.15) is 32.9 Å². The van der Waals surface area contributed by atoms with E-state index in [1.807, 2.05) is 0 Å². The summed E-state index contributed by atoms with van der Waals surface area (Å²) in [5.41, 5.74) is 1.07. The lowest BCUT2D eigenvalue weighted by atomic mass is 10.1. The molecule has 1 saturated heterocycles. The fourth-order valence-corrected chi connectivity index (χ4v) is 4.66. The van der Waals surface area contributed by atoms with Crippen molar-refractivity contribution >= 4 is 28.7 Å². The molecule has 4 rings (SSSR count). The van der Waals surface area contributed by atoms with E-state index >= 15 is 0 Å². The summed E-state index contributed by atoms with van der Waals surface area (Å²) in [6.07, 6.45) is 1.04. The summed E-state index contributed by atoms with van der Waals surface area (Å²) in [6, 6.07) is 6.69. The summed E-state index contributed by atoms with van der Waals surface area (Å²) in [4.78, 5) is 13.5. The molecule has 166 valence electrons. The highest BCUT2D eigenvalue weighted by molar-refractivity contribution is 7.99. The highest BCUT2D eigenvalue weighted by atomic mass is 32.2. The molecule has 0 bridgehead atoms. The number of hydrogen-bond donors (Lipinski definition) is 3. The first kappa shape index (κ1) is 21.9. The van der Waals surface area contributed by atoms with Crippen molar-refractivity contribution < 1.29 is 19.3 Å². The van der Waals surface area contributed by atoms with Crippen LogP contribution in [0.25, 0.3) is 11.2 Å². The number of benzene rings is 1. The van der Waals surface area contributed by atoms with E-state index in [2.05, 4.69) is 34.1 Å². The van der Waals surface area contributed by atoms with E-state index in [0.717, 1.165) is 12.8 Å². The predicted octanol–water partition coefficient (Wildman–Crippen LogP) is 2.98. The summed E-state index contributed by atoms with van der Waals surface area (Å²) in [5.74, 6) is 0.586. The molecule has 4 atom stereocenters. The van der Waals surface area contributed by atoms with E-state index in [1.54, 1.807) is 22.8 Å². The first-order valence-corrected chi connectivity index (χ1v) is 11.3. The molecule has 0 amide bonds. The molecule has 8 nitrogen and oxygen atoms in total. The number of nitrogens with zero attached hydrogens (tertiary/aromatic N) is 4. The van der Waals surface area contributed by atoms with Gasteiger partial charge >= 0.3 is 0 Å². The van der Waals surface area contributed by atoms with Crippen molar-refractivity contribution in [2.75, 3.05) is 11.1 Å². The standard InChI is InChI=1S/C21H26FN5O3S/c1-3-12(4-2)26-19-16-20(24-10-23-19)27(11-25-16)21-18(29)17(28)14(30-21)9-31-15-8-6-5-7-13(15)22/h5-8,10-12,14,17-18,21,28-29H,3-4,9H2,1-2H3,(H,23,24,26)/t14-,17-,18-,21-/m1/s1. The van der Waals surface area contributed by atoms with Gasteiger partial charge in [0.05, 0.1) is 12.4 Å². The van der Waals surface area contributed by atoms with Crippen LogP contribution < -0.4 is 5.32 Å². The normalized spacial score (nSPS) is 23.7. The first-order valence-electron chi connectivity index (χ1n) is 10.4. The second kappa shape index (κ2) is 9.47. The number of hydrogen-bond acceptors (Lipinski definition) is 8. The highest BCUT2D eigenvalue weighted by Gasteiger charge is 2.44. The lowest BCUT2D eigenvalue weighted by Crippen LogP contribution is -2.32. The molecule has 3 aromatic rings. The fraction of sp³-hybridized carbons (Fsp3) is 0.476. The Morgan fingerprint density at radius 2 is 1.94 bits per heavy atom. The van der Waals surface area contributed by atoms with Crippen molar-refractivity contribution in [3.05, 3.63) is 42.7 Å². The van der Waals surface area contributed by atoms with E-state index in [1.165, 1.54) is 30.5 Å². The Hall–Kier alpha value is -2.27. The molecule has 10 heteroatoms. The molecular weight excluding hydrogens is 421 g/mol. The zero-order valence-corrected chi connectivity index (χ0v) is 18.2. The number of anilines is 1. The summed E-state index contributed by atoms with van der Waals surface area (Å²) in [6.45, 7) is 4.20. The lowest BCUT2D eigenvalue weighted by Gasteiger charge is -2.17. The van der Waals surface area contributed by atoms with Crippen LogP contribution in [0.4, 0.5) is 10.2 Å². The smallest absolute Gasteiger partial charge is 0.167 e. The third-order valence-electron chi connectivity index (χ3n) is 5.54. The third-order valence-corrected chi connectivity index (χ3v) is 6.67. The highest BCUT2D eigenvalue weighted by Crippen LogP contribution is 2.35. The summed E-state index contributed by atoms with van der Waals surface area (Å²) in [7, 11) is 0. The predicted molar refractivity (Wildman–Crippen MR) is 116 cm³/mol. The van der Waals surface area contributed by atoms with Gasteiger partial charge in [0.25, 0.3) is 0 Å². The van der Waals surface area contributed by atoms with Crippen LogP contribution in [-0.2, 0) is 4.74 Å². The molecule has 1 aliphatic rings. The average molecular weight is 448 g/mol. The number of aliphatic hydroxyl groups excluding tert-OH is 2. The van der Waals surface area contributed by atoms with Gasteiger partial charge in [0.15, 0.2) is 23.2 Å². The van der Waals surface area contributed by atoms with Gasteiger partial charge in [0.1, 0.15) is 24.4 Å². The minimum atomic E-state index is -1.17. The maximum absolute atomic E-state index is 13.9. The van der Waals surface area contributed by atoms with E-state index in [4.69, 9.17) is 4.74 Å². The number of rotatable bonds is 8. The quantitative estimate of drug-likeness (QED) is 0.453. The minimum Gasteiger partial charge on any atom is -0.387 e. The van der Waals surface area contributed by atoms with Gasteiger partial charge in [-0.05, 0) is 25.0 Å². The molecule has 0 unspecified atom stereocenters. The Bertz CT molecular complexity index is 1030. The monoisotopic (exact) mass is 447 g/mol. The largest absolute Gasteiger partial charge is 0.387 e. The Kier molecular flexibility index (Phi) is 6.71. The zero-order valence-electron chi connectivity index (χ0n) is 17.3. The molecule has 3 heterocycles. The molecule has 0 aliphatic carbocycles. The van der Waals surface area contributed by atoms with E-state index < -0.39 is 24.5 Å². The van der Waals surface area contributed by atoms with Crippen LogP contribution in [0.3, 0.4) is 0 Å². The molecule has 3 N–H and O–H groups in total. The third kappa shape index (κ3) is 4.38. The molecular formula is C21H26FN5O3S. The lowest BCUT2D eigenvalue weighted by molar-refractivity contribution is -0.0289. The fourth-order valence-electron chi connectivity index (χ4n) is 3.66. The number of imidazole rings is 1. The number of halogens is 1. The molecule has 1 fully saturated rings. The van der Waals surface area contributed by atoms with E-state index in [9.17, 15) is 14.6 Å². The maximum atomic E-state index is 13.9. The van der Waals surface area contributed by atoms with Crippen LogP contribution in [0, 0.1) is 5.82 Å². The van der Waals surface area contributed by atoms with E-state index in [-0.39, 0.29) is 11.9 Å². The minimum absolute atomic E-state index is 0.262. The van der Waals surface area contributed by atoms with Gasteiger partial charge < -0.3 is 20.3 Å². The number of nitrogens with one attached hydrogen (secondary N) is 1. The van der Waals surface area contributed by atoms with Crippen LogP contribution in [0.5, 0.6) is 0 Å². The SMILES string of the molecule is CCC(CC)Nc1ncnc2c1ncn2[C@@H]1O[C@H](CSc2ccccc2F)[C@@H](O)[C@H]1O. The number of ether oxygens (including phenoxy) is 1. The van der Waals surface area contributed by atoms with Crippen molar-refractivity contribution in [3.63, 3.8) is 0 Å². The topological polar surface area (TPSA) is 105 Å².